The summed E-state index contributed by atoms with van der Waals surface area (Å²) in [6, 6.07) is 7.98. The van der Waals surface area contributed by atoms with Gasteiger partial charge in [0.15, 0.2) is 0 Å². The number of hydrogen-bond donors (Lipinski definition) is 1. The van der Waals surface area contributed by atoms with Crippen molar-refractivity contribution in [3.63, 3.8) is 0 Å². The minimum absolute atomic E-state index is 0.100. The van der Waals surface area contributed by atoms with Gasteiger partial charge in [0.2, 0.25) is 0 Å². The van der Waals surface area contributed by atoms with Gasteiger partial charge < -0.3 is 14.5 Å². The van der Waals surface area contributed by atoms with Gasteiger partial charge in [-0.1, -0.05) is 15.9 Å². The largest absolute Gasteiger partial charge is 0.486 e. The van der Waals surface area contributed by atoms with Crippen LogP contribution in [0.25, 0.3) is 0 Å². The maximum atomic E-state index is 5.75. The lowest BCUT2D eigenvalue weighted by Gasteiger charge is -2.19. The van der Waals surface area contributed by atoms with Crippen molar-refractivity contribution in [1.29, 1.82) is 0 Å². The Hall–Kier alpha value is -1.26. The number of nitrogens with one attached hydrogen (secondary N) is 1. The molecule has 1 N–H and O–H groups in total. The molecule has 0 atom stereocenters. The average molecular weight is 352 g/mol. The third-order valence-corrected chi connectivity index (χ3v) is 3.93. The highest BCUT2D eigenvalue weighted by molar-refractivity contribution is 9.10. The van der Waals surface area contributed by atoms with Crippen LogP contribution in [0.2, 0.25) is 0 Å². The van der Waals surface area contributed by atoms with E-state index in [2.05, 4.69) is 42.0 Å². The lowest BCUT2D eigenvalue weighted by atomic mass is 10.1. The molecule has 1 heterocycles. The summed E-state index contributed by atoms with van der Waals surface area (Å²) in [5, 5.41) is 3.43. The first-order chi connectivity index (χ1) is 9.83. The predicted octanol–water partition coefficient (Wildman–Crippen LogP) is 4.82. The summed E-state index contributed by atoms with van der Waals surface area (Å²) >= 11 is 3.48. The molecule has 0 aliphatic rings. The molecule has 0 aliphatic carbocycles. The fraction of sp³-hybridized carbons (Fsp3) is 0.412. The van der Waals surface area contributed by atoms with Crippen molar-refractivity contribution in [2.75, 3.05) is 0 Å². The lowest BCUT2D eigenvalue weighted by Crippen LogP contribution is -2.34. The fourth-order valence-corrected chi connectivity index (χ4v) is 2.07. The van der Waals surface area contributed by atoms with Gasteiger partial charge in [-0.2, -0.15) is 0 Å². The fourth-order valence-electron chi connectivity index (χ4n) is 1.82. The zero-order valence-electron chi connectivity index (χ0n) is 13.0. The molecule has 0 radical (unpaired) electrons. The minimum atomic E-state index is 0.100. The van der Waals surface area contributed by atoms with Crippen molar-refractivity contribution in [3.8, 4) is 5.75 Å². The van der Waals surface area contributed by atoms with Gasteiger partial charge in [0.05, 0.1) is 6.26 Å². The summed E-state index contributed by atoms with van der Waals surface area (Å²) in [5.74, 6) is 1.68. The molecule has 3 nitrogen and oxygen atoms in total. The van der Waals surface area contributed by atoms with E-state index in [4.69, 9.17) is 9.15 Å². The summed E-state index contributed by atoms with van der Waals surface area (Å²) in [4.78, 5) is 0. The molecule has 0 bridgehead atoms. The van der Waals surface area contributed by atoms with E-state index in [1.807, 2.05) is 31.2 Å². The van der Waals surface area contributed by atoms with E-state index >= 15 is 0 Å². The first kappa shape index (κ1) is 16.1. The molecule has 2 rings (SSSR count). The summed E-state index contributed by atoms with van der Waals surface area (Å²) in [6.45, 7) is 9.72. The first-order valence-electron chi connectivity index (χ1n) is 7.04. The van der Waals surface area contributed by atoms with E-state index in [0.717, 1.165) is 33.7 Å². The molecular weight excluding hydrogens is 330 g/mol. The highest BCUT2D eigenvalue weighted by Gasteiger charge is 2.10. The molecule has 1 aromatic heterocycles. The number of hydrogen-bond acceptors (Lipinski definition) is 3. The molecule has 0 unspecified atom stereocenters. The molecule has 0 saturated heterocycles. The number of rotatable bonds is 5. The first-order valence-corrected chi connectivity index (χ1v) is 7.83. The molecule has 21 heavy (non-hydrogen) atoms. The van der Waals surface area contributed by atoms with Gasteiger partial charge in [-0.15, -0.1) is 0 Å². The van der Waals surface area contributed by atoms with Gasteiger partial charge in [0, 0.05) is 22.1 Å². The monoisotopic (exact) mass is 351 g/mol. The predicted molar refractivity (Wildman–Crippen MR) is 88.5 cm³/mol. The Kier molecular flexibility index (Phi) is 5.12. The molecule has 0 fully saturated rings. The molecule has 0 aliphatic heterocycles. The van der Waals surface area contributed by atoms with E-state index in [1.165, 1.54) is 0 Å². The molecule has 0 spiro atoms. The van der Waals surface area contributed by atoms with E-state index in [1.54, 1.807) is 6.26 Å². The summed E-state index contributed by atoms with van der Waals surface area (Å²) in [7, 11) is 0. The van der Waals surface area contributed by atoms with Crippen LogP contribution in [0, 0.1) is 6.92 Å². The van der Waals surface area contributed by atoms with Crippen LogP contribution < -0.4 is 10.1 Å². The molecule has 0 amide bonds. The lowest BCUT2D eigenvalue weighted by molar-refractivity contribution is 0.270. The second-order valence-corrected chi connectivity index (χ2v) is 7.08. The molecule has 2 aromatic rings. The zero-order valence-corrected chi connectivity index (χ0v) is 14.6. The summed E-state index contributed by atoms with van der Waals surface area (Å²) in [5.41, 5.74) is 2.39. The van der Waals surface area contributed by atoms with E-state index in [9.17, 15) is 0 Å². The maximum absolute atomic E-state index is 5.75. The quantitative estimate of drug-likeness (QED) is 0.838. The van der Waals surface area contributed by atoms with Crippen molar-refractivity contribution in [2.45, 2.75) is 46.4 Å². The van der Waals surface area contributed by atoms with Crippen LogP contribution in [0.5, 0.6) is 5.75 Å². The second-order valence-electron chi connectivity index (χ2n) is 6.22. The summed E-state index contributed by atoms with van der Waals surface area (Å²) < 4.78 is 12.4. The van der Waals surface area contributed by atoms with Crippen LogP contribution in [-0.2, 0) is 13.2 Å². The third kappa shape index (κ3) is 5.21. The Bertz CT molecular complexity index is 599. The number of halogens is 1. The average Bonchev–Trinajstić information content (AvgIpc) is 2.85. The Balaban J connectivity index is 1.89. The van der Waals surface area contributed by atoms with Crippen LogP contribution in [0.1, 0.15) is 37.7 Å². The number of furan rings is 1. The number of aryl methyl sites for hydroxylation is 1. The van der Waals surface area contributed by atoms with E-state index < -0.39 is 0 Å². The SMILES string of the molecule is Cc1cc(OCc2cc(CNC(C)(C)C)co2)ccc1Br. The van der Waals surface area contributed by atoms with E-state index in [0.29, 0.717) is 6.61 Å². The van der Waals surface area contributed by atoms with Gasteiger partial charge in [-0.05, 0) is 57.5 Å². The summed E-state index contributed by atoms with van der Waals surface area (Å²) in [6.07, 6.45) is 1.78. The van der Waals surface area contributed by atoms with Crippen molar-refractivity contribution < 1.29 is 9.15 Å². The molecule has 1 aromatic carbocycles. The van der Waals surface area contributed by atoms with Crippen LogP contribution in [0.15, 0.2) is 39.4 Å². The maximum Gasteiger partial charge on any atom is 0.146 e. The van der Waals surface area contributed by atoms with Gasteiger partial charge in [0.1, 0.15) is 18.1 Å². The van der Waals surface area contributed by atoms with Crippen molar-refractivity contribution in [2.24, 2.45) is 0 Å². The molecule has 4 heteroatoms. The van der Waals surface area contributed by atoms with Crippen LogP contribution in [0.4, 0.5) is 0 Å². The van der Waals surface area contributed by atoms with Gasteiger partial charge in [-0.25, -0.2) is 0 Å². The Morgan fingerprint density at radius 3 is 2.67 bits per heavy atom. The van der Waals surface area contributed by atoms with E-state index in [-0.39, 0.29) is 5.54 Å². The molecular formula is C17H22BrNO2. The topological polar surface area (TPSA) is 34.4 Å². The minimum Gasteiger partial charge on any atom is -0.486 e. The number of benzene rings is 1. The molecule has 0 saturated carbocycles. The Morgan fingerprint density at radius 1 is 1.24 bits per heavy atom. The molecule has 114 valence electrons. The van der Waals surface area contributed by atoms with Crippen LogP contribution >= 0.6 is 15.9 Å². The number of ether oxygens (including phenoxy) is 1. The van der Waals surface area contributed by atoms with Gasteiger partial charge in [0.25, 0.3) is 0 Å². The van der Waals surface area contributed by atoms with Crippen LogP contribution in [0.3, 0.4) is 0 Å². The smallest absolute Gasteiger partial charge is 0.146 e. The Morgan fingerprint density at radius 2 is 2.00 bits per heavy atom. The second kappa shape index (κ2) is 6.67. The van der Waals surface area contributed by atoms with Crippen molar-refractivity contribution in [1.82, 2.24) is 5.32 Å². The van der Waals surface area contributed by atoms with Gasteiger partial charge in [-0.3, -0.25) is 0 Å². The standard InChI is InChI=1S/C17H22BrNO2/c1-12-7-14(5-6-16(12)18)21-11-15-8-13(10-20-15)9-19-17(2,3)4/h5-8,10,19H,9,11H2,1-4H3. The highest BCUT2D eigenvalue weighted by atomic mass is 79.9. The normalized spacial score (nSPS) is 11.7. The third-order valence-electron chi connectivity index (χ3n) is 3.04. The van der Waals surface area contributed by atoms with Crippen molar-refractivity contribution >= 4 is 15.9 Å². The highest BCUT2D eigenvalue weighted by Crippen LogP contribution is 2.22. The van der Waals surface area contributed by atoms with Crippen molar-refractivity contribution in [3.05, 3.63) is 51.9 Å². The van der Waals surface area contributed by atoms with Crippen LogP contribution in [-0.4, -0.2) is 5.54 Å². The zero-order chi connectivity index (χ0) is 15.5. The van der Waals surface area contributed by atoms with Gasteiger partial charge >= 0.3 is 0 Å². The Labute approximate surface area is 134 Å².